The topological polar surface area (TPSA) is 40.7 Å². The van der Waals surface area contributed by atoms with Crippen LogP contribution in [0.4, 0.5) is 0 Å². The van der Waals surface area contributed by atoms with Crippen LogP contribution in [-0.2, 0) is 6.54 Å². The summed E-state index contributed by atoms with van der Waals surface area (Å²) in [5, 5.41) is 10.7. The van der Waals surface area contributed by atoms with E-state index in [-0.39, 0.29) is 0 Å². The number of aromatic nitrogens is 2. The summed E-state index contributed by atoms with van der Waals surface area (Å²) < 4.78 is 1.07. The monoisotopic (exact) mass is 293 g/mol. The molecule has 2 N–H and O–H groups in total. The van der Waals surface area contributed by atoms with Crippen molar-refractivity contribution in [3.63, 3.8) is 0 Å². The molecule has 3 nitrogen and oxygen atoms in total. The smallest absolute Gasteiger partial charge is 0.0924 e. The maximum absolute atomic E-state index is 4.32. The average Bonchev–Trinajstić information content (AvgIpc) is 2.78. The van der Waals surface area contributed by atoms with Gasteiger partial charge in [-0.25, -0.2) is 0 Å². The van der Waals surface area contributed by atoms with Crippen molar-refractivity contribution in [2.45, 2.75) is 19.9 Å². The van der Waals surface area contributed by atoms with E-state index in [9.17, 15) is 0 Å². The average molecular weight is 294 g/mol. The Morgan fingerprint density at radius 2 is 2.24 bits per heavy atom. The molecule has 0 aliphatic rings. The molecule has 0 bridgehead atoms. The van der Waals surface area contributed by atoms with E-state index in [4.69, 9.17) is 0 Å². The second kappa shape index (κ2) is 5.98. The second-order valence-corrected chi connectivity index (χ2v) is 4.88. The van der Waals surface area contributed by atoms with Gasteiger partial charge in [-0.05, 0) is 31.2 Å². The molecule has 0 radical (unpaired) electrons. The molecule has 1 heterocycles. The van der Waals surface area contributed by atoms with Gasteiger partial charge >= 0.3 is 0 Å². The van der Waals surface area contributed by atoms with E-state index in [2.05, 4.69) is 56.6 Å². The third-order valence-electron chi connectivity index (χ3n) is 2.49. The highest BCUT2D eigenvalue weighted by Crippen LogP contribution is 2.21. The quantitative estimate of drug-likeness (QED) is 0.830. The minimum atomic E-state index is 0.842. The summed E-state index contributed by atoms with van der Waals surface area (Å²) >= 11 is 3.47. The van der Waals surface area contributed by atoms with Crippen LogP contribution in [0.15, 0.2) is 34.8 Å². The number of aromatic amines is 1. The zero-order chi connectivity index (χ0) is 12.1. The van der Waals surface area contributed by atoms with Crippen molar-refractivity contribution in [2.24, 2.45) is 0 Å². The van der Waals surface area contributed by atoms with Crippen molar-refractivity contribution in [3.05, 3.63) is 40.5 Å². The molecule has 17 heavy (non-hydrogen) atoms. The predicted octanol–water partition coefficient (Wildman–Crippen LogP) is 3.34. The molecular weight excluding hydrogens is 278 g/mol. The summed E-state index contributed by atoms with van der Waals surface area (Å²) in [6.07, 6.45) is 1.15. The Kier molecular flexibility index (Phi) is 4.34. The molecule has 0 saturated heterocycles. The van der Waals surface area contributed by atoms with Crippen LogP contribution in [0.2, 0.25) is 0 Å². The molecule has 0 amide bonds. The maximum Gasteiger partial charge on any atom is 0.0924 e. The number of hydrogen-bond acceptors (Lipinski definition) is 2. The van der Waals surface area contributed by atoms with Gasteiger partial charge < -0.3 is 5.32 Å². The lowest BCUT2D eigenvalue weighted by atomic mass is 10.1. The molecule has 90 valence electrons. The van der Waals surface area contributed by atoms with Crippen LogP contribution in [-0.4, -0.2) is 16.7 Å². The number of nitrogens with one attached hydrogen (secondary N) is 2. The zero-order valence-electron chi connectivity index (χ0n) is 9.83. The van der Waals surface area contributed by atoms with Gasteiger partial charge in [-0.1, -0.05) is 35.0 Å². The Morgan fingerprint density at radius 1 is 1.35 bits per heavy atom. The first-order chi connectivity index (χ1) is 8.29. The molecule has 0 aliphatic carbocycles. The molecule has 1 aromatic carbocycles. The molecule has 0 fully saturated rings. The summed E-state index contributed by atoms with van der Waals surface area (Å²) in [5.41, 5.74) is 3.23. The molecule has 0 spiro atoms. The number of benzene rings is 1. The highest BCUT2D eigenvalue weighted by molar-refractivity contribution is 9.10. The summed E-state index contributed by atoms with van der Waals surface area (Å²) in [6.45, 7) is 4.03. The lowest BCUT2D eigenvalue weighted by molar-refractivity contribution is 0.662. The van der Waals surface area contributed by atoms with Crippen LogP contribution in [0.5, 0.6) is 0 Å². The number of halogens is 1. The fourth-order valence-corrected chi connectivity index (χ4v) is 2.05. The van der Waals surface area contributed by atoms with Gasteiger partial charge in [0.25, 0.3) is 0 Å². The van der Waals surface area contributed by atoms with Crippen LogP contribution in [0, 0.1) is 0 Å². The molecule has 0 aliphatic heterocycles. The number of H-pyrrole nitrogens is 1. The van der Waals surface area contributed by atoms with Crippen molar-refractivity contribution in [3.8, 4) is 11.3 Å². The van der Waals surface area contributed by atoms with Crippen molar-refractivity contribution < 1.29 is 0 Å². The molecule has 4 heteroatoms. The maximum atomic E-state index is 4.32. The molecular formula is C13H16BrN3. The number of nitrogens with zero attached hydrogens (tertiary/aromatic N) is 1. The standard InChI is InChI=1S/C13H16BrN3/c1-2-6-15-9-12-8-13(17-16-12)10-4-3-5-11(14)7-10/h3-5,7-8,15H,2,6,9H2,1H3,(H,16,17). The number of hydrogen-bond donors (Lipinski definition) is 2. The predicted molar refractivity (Wildman–Crippen MR) is 73.7 cm³/mol. The fourth-order valence-electron chi connectivity index (χ4n) is 1.65. The third-order valence-corrected chi connectivity index (χ3v) is 2.99. The van der Waals surface area contributed by atoms with Crippen LogP contribution < -0.4 is 5.32 Å². The van der Waals surface area contributed by atoms with Gasteiger partial charge in [0.05, 0.1) is 5.69 Å². The van der Waals surface area contributed by atoms with Gasteiger partial charge in [0, 0.05) is 22.3 Å². The van der Waals surface area contributed by atoms with Gasteiger partial charge in [-0.3, -0.25) is 5.10 Å². The minimum absolute atomic E-state index is 0.842. The first kappa shape index (κ1) is 12.3. The summed E-state index contributed by atoms with van der Waals surface area (Å²) in [7, 11) is 0. The van der Waals surface area contributed by atoms with E-state index in [0.29, 0.717) is 0 Å². The Balaban J connectivity index is 2.07. The lowest BCUT2D eigenvalue weighted by Gasteiger charge is -1.98. The summed E-state index contributed by atoms with van der Waals surface area (Å²) in [5.74, 6) is 0. The summed E-state index contributed by atoms with van der Waals surface area (Å²) in [4.78, 5) is 0. The van der Waals surface area contributed by atoms with Gasteiger partial charge in [0.2, 0.25) is 0 Å². The van der Waals surface area contributed by atoms with Crippen LogP contribution in [0.1, 0.15) is 19.0 Å². The van der Waals surface area contributed by atoms with Gasteiger partial charge in [-0.15, -0.1) is 0 Å². The SMILES string of the molecule is CCCNCc1cc(-c2cccc(Br)c2)n[nH]1. The van der Waals surface area contributed by atoms with Crippen LogP contribution >= 0.6 is 15.9 Å². The van der Waals surface area contributed by atoms with Crippen molar-refractivity contribution in [1.29, 1.82) is 0 Å². The highest BCUT2D eigenvalue weighted by Gasteiger charge is 2.03. The Hall–Kier alpha value is -1.13. The number of rotatable bonds is 5. The third kappa shape index (κ3) is 3.41. The Labute approximate surface area is 110 Å². The zero-order valence-corrected chi connectivity index (χ0v) is 11.4. The fraction of sp³-hybridized carbons (Fsp3) is 0.308. The van der Waals surface area contributed by atoms with Crippen molar-refractivity contribution in [2.75, 3.05) is 6.54 Å². The van der Waals surface area contributed by atoms with E-state index in [1.54, 1.807) is 0 Å². The highest BCUT2D eigenvalue weighted by atomic mass is 79.9. The van der Waals surface area contributed by atoms with Gasteiger partial charge in [-0.2, -0.15) is 5.10 Å². The molecule has 0 atom stereocenters. The first-order valence-corrected chi connectivity index (χ1v) is 6.60. The van der Waals surface area contributed by atoms with Gasteiger partial charge in [0.1, 0.15) is 0 Å². The lowest BCUT2D eigenvalue weighted by Crippen LogP contribution is -2.13. The van der Waals surface area contributed by atoms with E-state index in [1.807, 2.05) is 12.1 Å². The second-order valence-electron chi connectivity index (χ2n) is 3.97. The van der Waals surface area contributed by atoms with Crippen molar-refractivity contribution >= 4 is 15.9 Å². The minimum Gasteiger partial charge on any atom is -0.311 e. The van der Waals surface area contributed by atoms with E-state index >= 15 is 0 Å². The Morgan fingerprint density at radius 3 is 3.00 bits per heavy atom. The van der Waals surface area contributed by atoms with Crippen LogP contribution in [0.3, 0.4) is 0 Å². The van der Waals surface area contributed by atoms with Crippen LogP contribution in [0.25, 0.3) is 11.3 Å². The van der Waals surface area contributed by atoms with E-state index in [0.717, 1.165) is 40.9 Å². The molecule has 2 rings (SSSR count). The summed E-state index contributed by atoms with van der Waals surface area (Å²) in [6, 6.07) is 10.2. The van der Waals surface area contributed by atoms with Crippen molar-refractivity contribution in [1.82, 2.24) is 15.5 Å². The Bertz CT molecular complexity index is 479. The molecule has 1 aromatic heterocycles. The van der Waals surface area contributed by atoms with E-state index in [1.165, 1.54) is 0 Å². The normalized spacial score (nSPS) is 10.7. The molecule has 0 saturated carbocycles. The molecule has 2 aromatic rings. The van der Waals surface area contributed by atoms with E-state index < -0.39 is 0 Å². The molecule has 0 unspecified atom stereocenters. The first-order valence-electron chi connectivity index (χ1n) is 5.80. The largest absolute Gasteiger partial charge is 0.311 e. The van der Waals surface area contributed by atoms with Gasteiger partial charge in [0.15, 0.2) is 0 Å².